The molecule has 0 fully saturated rings. The molecule has 0 saturated carbocycles. The maximum Gasteiger partial charge on any atom is 0.222 e. The molecule has 2 amide bonds. The van der Waals surface area contributed by atoms with Gasteiger partial charge in [0, 0.05) is 13.5 Å². The number of carbonyl (C=O) groups is 2. The maximum atomic E-state index is 12.8. The van der Waals surface area contributed by atoms with Crippen LogP contribution >= 0.6 is 0 Å². The summed E-state index contributed by atoms with van der Waals surface area (Å²) in [6.45, 7) is 6.38. The van der Waals surface area contributed by atoms with Gasteiger partial charge < -0.3 is 10.2 Å². The summed E-state index contributed by atoms with van der Waals surface area (Å²) < 4.78 is 0. The van der Waals surface area contributed by atoms with Gasteiger partial charge >= 0.3 is 0 Å². The summed E-state index contributed by atoms with van der Waals surface area (Å²) in [5.74, 6) is 0.00302. The average molecular weight is 364 g/mol. The minimum absolute atomic E-state index is 0.0114. The number of aryl methyl sites for hydroxylation is 1. The van der Waals surface area contributed by atoms with Crippen LogP contribution in [0.25, 0.3) is 0 Å². The topological polar surface area (TPSA) is 49.4 Å². The van der Waals surface area contributed by atoms with Crippen LogP contribution in [0.3, 0.4) is 0 Å². The molecule has 0 saturated heterocycles. The zero-order valence-electron chi connectivity index (χ0n) is 16.4. The van der Waals surface area contributed by atoms with Gasteiger partial charge in [0.05, 0.1) is 18.5 Å². The molecule has 1 aliphatic heterocycles. The van der Waals surface area contributed by atoms with Gasteiger partial charge in [-0.15, -0.1) is 0 Å². The van der Waals surface area contributed by atoms with Crippen molar-refractivity contribution in [2.24, 2.45) is 0 Å². The Morgan fingerprint density at radius 1 is 1.15 bits per heavy atom. The smallest absolute Gasteiger partial charge is 0.222 e. The highest BCUT2D eigenvalue weighted by Gasteiger charge is 2.31. The number of nitrogens with zero attached hydrogens (tertiary/aromatic N) is 1. The number of nitrogens with one attached hydrogen (secondary N) is 1. The molecule has 4 nitrogen and oxygen atoms in total. The van der Waals surface area contributed by atoms with Gasteiger partial charge in [-0.1, -0.05) is 61.0 Å². The van der Waals surface area contributed by atoms with Crippen molar-refractivity contribution in [3.8, 4) is 0 Å². The lowest BCUT2D eigenvalue weighted by atomic mass is 9.90. The van der Waals surface area contributed by atoms with Gasteiger partial charge in [0.15, 0.2) is 0 Å². The first-order valence-corrected chi connectivity index (χ1v) is 9.70. The molecule has 0 spiro atoms. The number of hydrogen-bond donors (Lipinski definition) is 1. The summed E-state index contributed by atoms with van der Waals surface area (Å²) >= 11 is 0. The fraction of sp³-hybridized carbons (Fsp3) is 0.391. The van der Waals surface area contributed by atoms with Crippen molar-refractivity contribution in [2.75, 3.05) is 6.54 Å². The second kappa shape index (κ2) is 8.38. The van der Waals surface area contributed by atoms with Crippen molar-refractivity contribution in [1.82, 2.24) is 10.2 Å². The van der Waals surface area contributed by atoms with Crippen LogP contribution in [0.15, 0.2) is 48.5 Å². The summed E-state index contributed by atoms with van der Waals surface area (Å²) in [6, 6.07) is 16.2. The predicted molar refractivity (Wildman–Crippen MR) is 107 cm³/mol. The maximum absolute atomic E-state index is 12.8. The number of amides is 2. The van der Waals surface area contributed by atoms with Gasteiger partial charge in [0.2, 0.25) is 11.8 Å². The fourth-order valence-electron chi connectivity index (χ4n) is 3.90. The first-order chi connectivity index (χ1) is 13.0. The first-order valence-electron chi connectivity index (χ1n) is 9.70. The monoisotopic (exact) mass is 364 g/mol. The van der Waals surface area contributed by atoms with Gasteiger partial charge in [0.25, 0.3) is 0 Å². The van der Waals surface area contributed by atoms with Crippen molar-refractivity contribution < 1.29 is 9.59 Å². The lowest BCUT2D eigenvalue weighted by Crippen LogP contribution is -2.41. The van der Waals surface area contributed by atoms with Gasteiger partial charge in [-0.05, 0) is 36.5 Å². The Labute approximate surface area is 161 Å². The van der Waals surface area contributed by atoms with E-state index in [-0.39, 0.29) is 23.9 Å². The van der Waals surface area contributed by atoms with Crippen molar-refractivity contribution in [3.63, 3.8) is 0 Å². The van der Waals surface area contributed by atoms with Crippen LogP contribution in [0.1, 0.15) is 61.0 Å². The van der Waals surface area contributed by atoms with Crippen molar-refractivity contribution in [2.45, 2.75) is 52.1 Å². The number of fused-ring (bicyclic) bond motifs is 1. The normalized spacial score (nSPS) is 17.1. The number of benzene rings is 2. The van der Waals surface area contributed by atoms with E-state index in [1.54, 1.807) is 6.92 Å². The first kappa shape index (κ1) is 19.2. The summed E-state index contributed by atoms with van der Waals surface area (Å²) in [7, 11) is 0. The summed E-state index contributed by atoms with van der Waals surface area (Å²) in [4.78, 5) is 26.8. The Morgan fingerprint density at radius 3 is 2.52 bits per heavy atom. The van der Waals surface area contributed by atoms with E-state index in [9.17, 15) is 9.59 Å². The molecule has 27 heavy (non-hydrogen) atoms. The lowest BCUT2D eigenvalue weighted by Gasteiger charge is -2.36. The third kappa shape index (κ3) is 4.38. The quantitative estimate of drug-likeness (QED) is 0.868. The van der Waals surface area contributed by atoms with Crippen LogP contribution in [0, 0.1) is 6.92 Å². The molecule has 2 aromatic rings. The van der Waals surface area contributed by atoms with Gasteiger partial charge in [-0.3, -0.25) is 9.59 Å². The van der Waals surface area contributed by atoms with Crippen LogP contribution in [0.2, 0.25) is 0 Å². The van der Waals surface area contributed by atoms with Crippen LogP contribution < -0.4 is 5.32 Å². The summed E-state index contributed by atoms with van der Waals surface area (Å²) in [6.07, 6.45) is 1.96. The zero-order valence-corrected chi connectivity index (χ0v) is 16.4. The minimum Gasteiger partial charge on any atom is -0.349 e. The van der Waals surface area contributed by atoms with E-state index in [0.29, 0.717) is 13.0 Å². The second-order valence-corrected chi connectivity index (χ2v) is 7.32. The molecular formula is C23H28N2O2. The molecule has 3 rings (SSSR count). The van der Waals surface area contributed by atoms with Gasteiger partial charge in [-0.2, -0.15) is 0 Å². The largest absolute Gasteiger partial charge is 0.349 e. The van der Waals surface area contributed by atoms with Crippen LogP contribution in [0.5, 0.6) is 0 Å². The molecule has 2 aromatic carbocycles. The van der Waals surface area contributed by atoms with Gasteiger partial charge in [0.1, 0.15) is 0 Å². The molecular weight excluding hydrogens is 336 g/mol. The molecule has 0 aromatic heterocycles. The van der Waals surface area contributed by atoms with E-state index in [0.717, 1.165) is 24.0 Å². The standard InChI is InChI=1S/C23H28N2O2/c1-4-21(19-11-9-16(2)10-12-19)24-23(27)15-22-20-8-6-5-7-18(20)13-14-25(22)17(3)26/h5-12,21-22H,4,13-15H2,1-3H3,(H,24,27). The van der Waals surface area contributed by atoms with E-state index in [1.165, 1.54) is 11.1 Å². The van der Waals surface area contributed by atoms with E-state index in [4.69, 9.17) is 0 Å². The summed E-state index contributed by atoms with van der Waals surface area (Å²) in [5.41, 5.74) is 4.65. The van der Waals surface area contributed by atoms with Crippen molar-refractivity contribution in [1.29, 1.82) is 0 Å². The van der Waals surface area contributed by atoms with Crippen LogP contribution in [-0.4, -0.2) is 23.3 Å². The van der Waals surface area contributed by atoms with Crippen molar-refractivity contribution in [3.05, 3.63) is 70.8 Å². The van der Waals surface area contributed by atoms with E-state index in [2.05, 4.69) is 49.5 Å². The molecule has 4 heteroatoms. The molecule has 0 bridgehead atoms. The average Bonchev–Trinajstić information content (AvgIpc) is 2.67. The third-order valence-corrected chi connectivity index (χ3v) is 5.42. The van der Waals surface area contributed by atoms with Crippen LogP contribution in [0.4, 0.5) is 0 Å². The Balaban J connectivity index is 1.76. The number of hydrogen-bond acceptors (Lipinski definition) is 2. The third-order valence-electron chi connectivity index (χ3n) is 5.42. The molecule has 1 N–H and O–H groups in total. The second-order valence-electron chi connectivity index (χ2n) is 7.32. The van der Waals surface area contributed by atoms with E-state index in [1.807, 2.05) is 23.1 Å². The molecule has 2 unspecified atom stereocenters. The molecule has 1 heterocycles. The zero-order chi connectivity index (χ0) is 19.4. The molecule has 0 aliphatic carbocycles. The Morgan fingerprint density at radius 2 is 1.85 bits per heavy atom. The highest BCUT2D eigenvalue weighted by molar-refractivity contribution is 5.80. The highest BCUT2D eigenvalue weighted by Crippen LogP contribution is 2.32. The van der Waals surface area contributed by atoms with E-state index >= 15 is 0 Å². The van der Waals surface area contributed by atoms with Crippen molar-refractivity contribution >= 4 is 11.8 Å². The fourth-order valence-corrected chi connectivity index (χ4v) is 3.90. The number of rotatable bonds is 5. The predicted octanol–water partition coefficient (Wildman–Crippen LogP) is 4.10. The number of carbonyl (C=O) groups excluding carboxylic acids is 2. The van der Waals surface area contributed by atoms with Crippen LogP contribution in [-0.2, 0) is 16.0 Å². The van der Waals surface area contributed by atoms with E-state index < -0.39 is 0 Å². The minimum atomic E-state index is -0.192. The SMILES string of the molecule is CCC(NC(=O)CC1c2ccccc2CCN1C(C)=O)c1ccc(C)cc1. The molecule has 142 valence electrons. The molecule has 0 radical (unpaired) electrons. The lowest BCUT2D eigenvalue weighted by molar-refractivity contribution is -0.133. The summed E-state index contributed by atoms with van der Waals surface area (Å²) in [5, 5.41) is 3.16. The highest BCUT2D eigenvalue weighted by atomic mass is 16.2. The molecule has 2 atom stereocenters. The Bertz CT molecular complexity index is 813. The molecule has 1 aliphatic rings. The van der Waals surface area contributed by atoms with Gasteiger partial charge in [-0.25, -0.2) is 0 Å². The Kier molecular flexibility index (Phi) is 5.94. The Hall–Kier alpha value is -2.62.